The molecule has 0 aliphatic heterocycles. The molecule has 0 spiro atoms. The number of benzene rings is 1. The van der Waals surface area contributed by atoms with Crippen molar-refractivity contribution in [2.45, 2.75) is 147 Å². The molecule has 6 nitrogen and oxygen atoms in total. The smallest absolute Gasteiger partial charge is 0.270 e. The highest BCUT2D eigenvalue weighted by molar-refractivity contribution is 7.98. The first-order valence-electron chi connectivity index (χ1n) is 17.1. The number of unbranched alkanes of at least 4 members (excludes halogenated alkanes) is 18. The predicted molar refractivity (Wildman–Crippen MR) is 181 cm³/mol. The molecule has 0 atom stereocenters. The van der Waals surface area contributed by atoms with Gasteiger partial charge in [-0.2, -0.15) is 5.26 Å². The lowest BCUT2D eigenvalue weighted by molar-refractivity contribution is 0.258. The molecule has 1 N–H and O–H groups in total. The standard InChI is InChI=1S/C36H57N3O3S/c1-4-6-8-10-12-14-16-18-20-22-26-41-32-25-24-30(34-31(29-37)35(40)39-36(38-34)43-3)28-33(32)42-27-23-21-19-17-15-13-11-9-7-5-2/h24-25,28H,4-23,26-27H2,1-3H3,(H,38,39,40). The fourth-order valence-electron chi connectivity index (χ4n) is 5.29. The zero-order chi connectivity index (χ0) is 31.0. The van der Waals surface area contributed by atoms with Crippen molar-refractivity contribution in [1.82, 2.24) is 9.97 Å². The molecule has 1 aromatic heterocycles. The van der Waals surface area contributed by atoms with Crippen molar-refractivity contribution in [3.05, 3.63) is 34.1 Å². The van der Waals surface area contributed by atoms with Gasteiger partial charge in [-0.15, -0.1) is 0 Å². The quantitative estimate of drug-likeness (QED) is 0.0647. The average molecular weight is 612 g/mol. The van der Waals surface area contributed by atoms with Crippen molar-refractivity contribution >= 4 is 11.8 Å². The Bertz CT molecular complexity index is 1110. The Labute approximate surface area is 265 Å². The molecule has 0 saturated heterocycles. The van der Waals surface area contributed by atoms with Crippen LogP contribution in [0.1, 0.15) is 148 Å². The van der Waals surface area contributed by atoms with Crippen LogP contribution in [0.25, 0.3) is 11.3 Å². The summed E-state index contributed by atoms with van der Waals surface area (Å²) in [6, 6.07) is 7.66. The van der Waals surface area contributed by atoms with Gasteiger partial charge in [-0.1, -0.05) is 141 Å². The number of aromatic nitrogens is 2. The van der Waals surface area contributed by atoms with Gasteiger partial charge < -0.3 is 14.5 Å². The van der Waals surface area contributed by atoms with Crippen LogP contribution in [0, 0.1) is 11.3 Å². The summed E-state index contributed by atoms with van der Waals surface area (Å²) in [6.45, 7) is 5.78. The van der Waals surface area contributed by atoms with E-state index in [0.29, 0.717) is 41.1 Å². The fraction of sp³-hybridized carbons (Fsp3) is 0.694. The monoisotopic (exact) mass is 611 g/mol. The SMILES string of the molecule is CCCCCCCCCCCCOc1ccc(-c2nc(SC)[nH]c(=O)c2C#N)cc1OCCCCCCCCCCCC. The van der Waals surface area contributed by atoms with Gasteiger partial charge in [-0.25, -0.2) is 4.98 Å². The Morgan fingerprint density at radius 3 is 1.65 bits per heavy atom. The van der Waals surface area contributed by atoms with E-state index in [2.05, 4.69) is 23.8 Å². The lowest BCUT2D eigenvalue weighted by Gasteiger charge is -2.15. The van der Waals surface area contributed by atoms with Gasteiger partial charge in [0.15, 0.2) is 16.7 Å². The average Bonchev–Trinajstić information content (AvgIpc) is 3.02. The molecule has 1 heterocycles. The lowest BCUT2D eigenvalue weighted by Crippen LogP contribution is -2.14. The third-order valence-corrected chi connectivity index (χ3v) is 8.51. The Morgan fingerprint density at radius 1 is 0.721 bits per heavy atom. The second kappa shape index (κ2) is 23.9. The van der Waals surface area contributed by atoms with Crippen molar-refractivity contribution in [3.63, 3.8) is 0 Å². The van der Waals surface area contributed by atoms with E-state index in [-0.39, 0.29) is 5.56 Å². The van der Waals surface area contributed by atoms with Gasteiger partial charge in [0.05, 0.1) is 18.9 Å². The summed E-state index contributed by atoms with van der Waals surface area (Å²) < 4.78 is 12.4. The van der Waals surface area contributed by atoms with Crippen LogP contribution >= 0.6 is 11.8 Å². The van der Waals surface area contributed by atoms with Gasteiger partial charge in [0.2, 0.25) is 0 Å². The van der Waals surface area contributed by atoms with Crippen LogP contribution < -0.4 is 15.0 Å². The second-order valence-corrected chi connectivity index (χ2v) is 12.4. The fourth-order valence-corrected chi connectivity index (χ4v) is 5.67. The minimum atomic E-state index is -0.425. The van der Waals surface area contributed by atoms with Crippen molar-refractivity contribution < 1.29 is 9.47 Å². The van der Waals surface area contributed by atoms with Crippen molar-refractivity contribution in [2.75, 3.05) is 19.5 Å². The highest BCUT2D eigenvalue weighted by Crippen LogP contribution is 2.34. The highest BCUT2D eigenvalue weighted by atomic mass is 32.2. The molecular formula is C36H57N3O3S. The number of hydrogen-bond acceptors (Lipinski definition) is 6. The van der Waals surface area contributed by atoms with Crippen LogP contribution in [-0.2, 0) is 0 Å². The van der Waals surface area contributed by atoms with Gasteiger partial charge in [0, 0.05) is 5.56 Å². The van der Waals surface area contributed by atoms with Crippen LogP contribution in [0.2, 0.25) is 0 Å². The summed E-state index contributed by atoms with van der Waals surface area (Å²) in [5.74, 6) is 1.36. The zero-order valence-corrected chi connectivity index (χ0v) is 28.1. The number of nitrogens with zero attached hydrogens (tertiary/aromatic N) is 2. The van der Waals surface area contributed by atoms with E-state index in [1.165, 1.54) is 121 Å². The first-order valence-corrected chi connectivity index (χ1v) is 18.3. The van der Waals surface area contributed by atoms with Crippen LogP contribution in [-0.4, -0.2) is 29.4 Å². The van der Waals surface area contributed by atoms with Crippen molar-refractivity contribution in [1.29, 1.82) is 5.26 Å². The zero-order valence-electron chi connectivity index (χ0n) is 27.3. The van der Waals surface area contributed by atoms with Crippen LogP contribution in [0.15, 0.2) is 28.2 Å². The number of ether oxygens (including phenoxy) is 2. The van der Waals surface area contributed by atoms with Gasteiger partial charge in [0.1, 0.15) is 11.6 Å². The topological polar surface area (TPSA) is 88.0 Å². The maximum Gasteiger partial charge on any atom is 0.270 e. The first-order chi connectivity index (χ1) is 21.1. The summed E-state index contributed by atoms with van der Waals surface area (Å²) >= 11 is 1.34. The van der Waals surface area contributed by atoms with E-state index < -0.39 is 5.56 Å². The van der Waals surface area contributed by atoms with Crippen molar-refractivity contribution in [2.24, 2.45) is 0 Å². The minimum Gasteiger partial charge on any atom is -0.490 e. The highest BCUT2D eigenvalue weighted by Gasteiger charge is 2.16. The van der Waals surface area contributed by atoms with E-state index >= 15 is 0 Å². The molecule has 2 rings (SSSR count). The molecule has 1 aromatic carbocycles. The normalized spacial score (nSPS) is 11.0. The maximum absolute atomic E-state index is 12.5. The van der Waals surface area contributed by atoms with Gasteiger partial charge in [0.25, 0.3) is 5.56 Å². The second-order valence-electron chi connectivity index (χ2n) is 11.6. The Hall–Kier alpha value is -2.46. The summed E-state index contributed by atoms with van der Waals surface area (Å²) in [6.07, 6.45) is 27.4. The van der Waals surface area contributed by atoms with E-state index in [1.54, 1.807) is 0 Å². The molecule has 0 unspecified atom stereocenters. The molecule has 0 amide bonds. The lowest BCUT2D eigenvalue weighted by atomic mass is 10.1. The summed E-state index contributed by atoms with van der Waals surface area (Å²) in [7, 11) is 0. The number of hydrogen-bond donors (Lipinski definition) is 1. The molecule has 43 heavy (non-hydrogen) atoms. The van der Waals surface area contributed by atoms with Gasteiger partial charge in [-0.3, -0.25) is 4.79 Å². The number of aromatic amines is 1. The Morgan fingerprint density at radius 2 is 1.19 bits per heavy atom. The minimum absolute atomic E-state index is 0.0116. The molecule has 0 saturated carbocycles. The van der Waals surface area contributed by atoms with Crippen LogP contribution in [0.5, 0.6) is 11.5 Å². The summed E-state index contributed by atoms with van der Waals surface area (Å²) in [5.41, 5.74) is 0.645. The molecule has 0 fully saturated rings. The Balaban J connectivity index is 1.92. The van der Waals surface area contributed by atoms with E-state index in [1.807, 2.05) is 30.5 Å². The van der Waals surface area contributed by atoms with Gasteiger partial charge in [-0.05, 0) is 37.3 Å². The number of thioether (sulfide) groups is 1. The van der Waals surface area contributed by atoms with Gasteiger partial charge >= 0.3 is 0 Å². The molecule has 7 heteroatoms. The number of nitrogens with one attached hydrogen (secondary N) is 1. The largest absolute Gasteiger partial charge is 0.490 e. The van der Waals surface area contributed by atoms with E-state index in [4.69, 9.17) is 9.47 Å². The molecular weight excluding hydrogens is 554 g/mol. The third-order valence-electron chi connectivity index (χ3n) is 7.93. The van der Waals surface area contributed by atoms with E-state index in [9.17, 15) is 10.1 Å². The van der Waals surface area contributed by atoms with Crippen LogP contribution in [0.3, 0.4) is 0 Å². The molecule has 0 bridgehead atoms. The summed E-state index contributed by atoms with van der Waals surface area (Å²) in [5, 5.41) is 10.1. The molecule has 0 aliphatic carbocycles. The number of nitriles is 1. The van der Waals surface area contributed by atoms with E-state index in [0.717, 1.165) is 19.3 Å². The van der Waals surface area contributed by atoms with Crippen LogP contribution in [0.4, 0.5) is 0 Å². The molecule has 2 aromatic rings. The maximum atomic E-state index is 12.5. The first kappa shape index (κ1) is 36.7. The number of H-pyrrole nitrogens is 1. The number of rotatable bonds is 26. The third kappa shape index (κ3) is 15.2. The molecule has 240 valence electrons. The summed E-state index contributed by atoms with van der Waals surface area (Å²) in [4.78, 5) is 19.7. The molecule has 0 radical (unpaired) electrons. The predicted octanol–water partition coefficient (Wildman–Crippen LogP) is 10.6. The molecule has 0 aliphatic rings. The van der Waals surface area contributed by atoms with Crippen molar-refractivity contribution in [3.8, 4) is 28.8 Å². The Kier molecular flexibility index (Phi) is 20.4.